The van der Waals surface area contributed by atoms with Crippen LogP contribution in [0.15, 0.2) is 30.3 Å². The van der Waals surface area contributed by atoms with Gasteiger partial charge in [-0.3, -0.25) is 4.79 Å². The zero-order valence-electron chi connectivity index (χ0n) is 13.3. The van der Waals surface area contributed by atoms with E-state index in [0.29, 0.717) is 32.3 Å². The molecule has 0 saturated carbocycles. The minimum Gasteiger partial charge on any atom is -0.495 e. The highest BCUT2D eigenvalue weighted by Crippen LogP contribution is 2.32. The van der Waals surface area contributed by atoms with E-state index in [1.54, 1.807) is 37.3 Å². The summed E-state index contributed by atoms with van der Waals surface area (Å²) in [6.07, 6.45) is -0.774. The van der Waals surface area contributed by atoms with E-state index in [2.05, 4.69) is 5.32 Å². The quantitative estimate of drug-likeness (QED) is 0.749. The van der Waals surface area contributed by atoms with Crippen LogP contribution in [-0.2, 0) is 4.79 Å². The van der Waals surface area contributed by atoms with Crippen molar-refractivity contribution < 1.29 is 14.3 Å². The first-order chi connectivity index (χ1) is 11.3. The number of benzene rings is 2. The van der Waals surface area contributed by atoms with E-state index in [1.165, 1.54) is 7.11 Å². The summed E-state index contributed by atoms with van der Waals surface area (Å²) in [4.78, 5) is 12.4. The molecule has 0 radical (unpaired) electrons. The zero-order chi connectivity index (χ0) is 17.9. The Labute approximate surface area is 155 Å². The molecule has 1 amide bonds. The summed E-state index contributed by atoms with van der Waals surface area (Å²) in [5, 5.41) is 4.15. The van der Waals surface area contributed by atoms with Crippen LogP contribution in [0.2, 0.25) is 15.1 Å². The molecule has 0 fully saturated rings. The Morgan fingerprint density at radius 1 is 1.08 bits per heavy atom. The molecule has 128 valence electrons. The summed E-state index contributed by atoms with van der Waals surface area (Å²) >= 11 is 17.9. The molecule has 0 aliphatic heterocycles. The number of carbonyl (C=O) groups is 1. The summed E-state index contributed by atoms with van der Waals surface area (Å²) in [5.74, 6) is 0.500. The lowest BCUT2D eigenvalue weighted by Crippen LogP contribution is -2.30. The van der Waals surface area contributed by atoms with Gasteiger partial charge in [-0.1, -0.05) is 34.8 Å². The lowest BCUT2D eigenvalue weighted by molar-refractivity contribution is -0.122. The highest BCUT2D eigenvalue weighted by molar-refractivity contribution is 6.35. The highest BCUT2D eigenvalue weighted by atomic mass is 35.5. The van der Waals surface area contributed by atoms with E-state index in [0.717, 1.165) is 5.56 Å². The Hall–Kier alpha value is -1.62. The van der Waals surface area contributed by atoms with Crippen LogP contribution in [0.5, 0.6) is 11.5 Å². The van der Waals surface area contributed by atoms with Gasteiger partial charge in [0.15, 0.2) is 6.10 Å². The van der Waals surface area contributed by atoms with E-state index in [4.69, 9.17) is 44.3 Å². The number of carbonyl (C=O) groups excluding carboxylic acids is 1. The Bertz CT molecular complexity index is 765. The molecule has 0 heterocycles. The van der Waals surface area contributed by atoms with Crippen LogP contribution in [0.25, 0.3) is 0 Å². The third kappa shape index (κ3) is 4.47. The summed E-state index contributed by atoms with van der Waals surface area (Å²) < 4.78 is 10.8. The minimum atomic E-state index is -0.774. The second-order valence-electron chi connectivity index (χ2n) is 5.13. The van der Waals surface area contributed by atoms with Crippen molar-refractivity contribution in [3.05, 3.63) is 51.0 Å². The van der Waals surface area contributed by atoms with E-state index >= 15 is 0 Å². The second kappa shape index (κ2) is 7.97. The van der Waals surface area contributed by atoms with Gasteiger partial charge in [0.2, 0.25) is 0 Å². The topological polar surface area (TPSA) is 47.6 Å². The van der Waals surface area contributed by atoms with Crippen LogP contribution >= 0.6 is 34.8 Å². The predicted molar refractivity (Wildman–Crippen MR) is 97.9 cm³/mol. The first-order valence-electron chi connectivity index (χ1n) is 7.08. The fourth-order valence-electron chi connectivity index (χ4n) is 1.98. The van der Waals surface area contributed by atoms with Crippen molar-refractivity contribution >= 4 is 46.4 Å². The van der Waals surface area contributed by atoms with Crippen molar-refractivity contribution in [2.45, 2.75) is 20.0 Å². The van der Waals surface area contributed by atoms with Crippen LogP contribution in [0.3, 0.4) is 0 Å². The van der Waals surface area contributed by atoms with Crippen molar-refractivity contribution in [2.24, 2.45) is 0 Å². The summed E-state index contributed by atoms with van der Waals surface area (Å²) in [5.41, 5.74) is 1.34. The molecule has 0 aliphatic rings. The number of aryl methyl sites for hydroxylation is 1. The minimum absolute atomic E-state index is 0.335. The number of rotatable bonds is 5. The number of hydrogen-bond acceptors (Lipinski definition) is 3. The number of anilines is 1. The maximum Gasteiger partial charge on any atom is 0.265 e. The van der Waals surface area contributed by atoms with Crippen molar-refractivity contribution in [1.29, 1.82) is 0 Å². The Morgan fingerprint density at radius 2 is 1.79 bits per heavy atom. The summed E-state index contributed by atoms with van der Waals surface area (Å²) in [6.45, 7) is 3.46. The zero-order valence-corrected chi connectivity index (χ0v) is 15.6. The van der Waals surface area contributed by atoms with E-state index < -0.39 is 6.10 Å². The average Bonchev–Trinajstić information content (AvgIpc) is 2.53. The molecular formula is C17H16Cl3NO3. The third-order valence-corrected chi connectivity index (χ3v) is 4.24. The third-order valence-electron chi connectivity index (χ3n) is 3.31. The monoisotopic (exact) mass is 387 g/mol. The Kier molecular flexibility index (Phi) is 6.21. The molecule has 7 heteroatoms. The van der Waals surface area contributed by atoms with E-state index in [1.807, 2.05) is 6.92 Å². The van der Waals surface area contributed by atoms with E-state index in [9.17, 15) is 4.79 Å². The van der Waals surface area contributed by atoms with Crippen LogP contribution in [0.1, 0.15) is 12.5 Å². The van der Waals surface area contributed by atoms with Crippen molar-refractivity contribution in [1.82, 2.24) is 0 Å². The van der Waals surface area contributed by atoms with Crippen molar-refractivity contribution in [2.75, 3.05) is 12.4 Å². The van der Waals surface area contributed by atoms with Gasteiger partial charge in [-0.2, -0.15) is 0 Å². The van der Waals surface area contributed by atoms with Gasteiger partial charge in [0.05, 0.1) is 17.8 Å². The van der Waals surface area contributed by atoms with E-state index in [-0.39, 0.29) is 5.91 Å². The maximum absolute atomic E-state index is 12.4. The molecule has 0 saturated heterocycles. The molecule has 1 N–H and O–H groups in total. The molecule has 2 rings (SSSR count). The summed E-state index contributed by atoms with van der Waals surface area (Å²) in [7, 11) is 1.50. The number of methoxy groups -OCH3 is 1. The number of amides is 1. The lowest BCUT2D eigenvalue weighted by atomic mass is 10.2. The highest BCUT2D eigenvalue weighted by Gasteiger charge is 2.18. The van der Waals surface area contributed by atoms with Crippen molar-refractivity contribution in [3.63, 3.8) is 0 Å². The molecule has 0 aromatic heterocycles. The number of ether oxygens (including phenoxy) is 2. The Balaban J connectivity index is 2.13. The van der Waals surface area contributed by atoms with Gasteiger partial charge in [0, 0.05) is 16.1 Å². The number of halogens is 3. The molecule has 0 bridgehead atoms. The molecule has 2 aromatic carbocycles. The largest absolute Gasteiger partial charge is 0.495 e. The van der Waals surface area contributed by atoms with Gasteiger partial charge in [0.25, 0.3) is 5.91 Å². The number of hydrogen-bond donors (Lipinski definition) is 1. The molecule has 24 heavy (non-hydrogen) atoms. The SMILES string of the molecule is COc1cc(Cl)c(C)cc1NC(=O)[C@@H](C)Oc1ccc(Cl)cc1Cl. The maximum atomic E-state index is 12.4. The van der Waals surface area contributed by atoms with Gasteiger partial charge < -0.3 is 14.8 Å². The second-order valence-corrected chi connectivity index (χ2v) is 6.38. The van der Waals surface area contributed by atoms with Gasteiger partial charge >= 0.3 is 0 Å². The fraction of sp³-hybridized carbons (Fsp3) is 0.235. The van der Waals surface area contributed by atoms with Crippen LogP contribution in [0, 0.1) is 6.92 Å². The fourth-order valence-corrected chi connectivity index (χ4v) is 2.59. The van der Waals surface area contributed by atoms with Gasteiger partial charge in [0.1, 0.15) is 11.5 Å². The molecule has 2 aromatic rings. The molecule has 1 atom stereocenters. The molecule has 0 spiro atoms. The molecule has 0 unspecified atom stereocenters. The van der Waals surface area contributed by atoms with Gasteiger partial charge in [-0.15, -0.1) is 0 Å². The predicted octanol–water partition coefficient (Wildman–Crippen LogP) is 5.37. The van der Waals surface area contributed by atoms with Crippen LogP contribution in [-0.4, -0.2) is 19.1 Å². The van der Waals surface area contributed by atoms with Crippen LogP contribution < -0.4 is 14.8 Å². The standard InChI is InChI=1S/C17H16Cl3NO3/c1-9-6-14(16(23-3)8-12(9)19)21-17(22)10(2)24-15-5-4-11(18)7-13(15)20/h4-8,10H,1-3H3,(H,21,22)/t10-/m1/s1. The number of nitrogens with one attached hydrogen (secondary N) is 1. The Morgan fingerprint density at radius 3 is 2.42 bits per heavy atom. The normalized spacial score (nSPS) is 11.8. The molecule has 4 nitrogen and oxygen atoms in total. The smallest absolute Gasteiger partial charge is 0.265 e. The molecule has 0 aliphatic carbocycles. The van der Waals surface area contributed by atoms with Gasteiger partial charge in [-0.25, -0.2) is 0 Å². The lowest BCUT2D eigenvalue weighted by Gasteiger charge is -2.17. The average molecular weight is 389 g/mol. The first-order valence-corrected chi connectivity index (χ1v) is 8.22. The van der Waals surface area contributed by atoms with Crippen LogP contribution in [0.4, 0.5) is 5.69 Å². The first kappa shape index (κ1) is 18.7. The molecular weight excluding hydrogens is 373 g/mol. The van der Waals surface area contributed by atoms with Gasteiger partial charge in [-0.05, 0) is 43.7 Å². The summed E-state index contributed by atoms with van der Waals surface area (Å²) in [6, 6.07) is 8.18. The van der Waals surface area contributed by atoms with Crippen molar-refractivity contribution in [3.8, 4) is 11.5 Å².